The minimum atomic E-state index is 0.858. The average molecular weight is 394 g/mol. The Morgan fingerprint density at radius 2 is 1.40 bits per heavy atom. The first kappa shape index (κ1) is 19.0. The van der Waals surface area contributed by atoms with Crippen LogP contribution in [0.3, 0.4) is 0 Å². The van der Waals surface area contributed by atoms with Gasteiger partial charge in [0.2, 0.25) is 0 Å². The summed E-state index contributed by atoms with van der Waals surface area (Å²) in [5.41, 5.74) is 9.28. The van der Waals surface area contributed by atoms with Crippen molar-refractivity contribution in [3.8, 4) is 11.1 Å². The Labute approximate surface area is 179 Å². The number of nitrogens with zero attached hydrogens (tertiary/aromatic N) is 1. The number of hydrogen-bond acceptors (Lipinski definition) is 2. The number of rotatable bonds is 5. The Kier molecular flexibility index (Phi) is 5.60. The fourth-order valence-corrected chi connectivity index (χ4v) is 4.46. The van der Waals surface area contributed by atoms with Gasteiger partial charge in [-0.1, -0.05) is 84.9 Å². The number of fused-ring (bicyclic) bond motifs is 1. The quantitative estimate of drug-likeness (QED) is 0.526. The molecule has 1 aliphatic heterocycles. The Morgan fingerprint density at radius 1 is 0.733 bits per heavy atom. The Morgan fingerprint density at radius 3 is 2.20 bits per heavy atom. The highest BCUT2D eigenvalue weighted by Crippen LogP contribution is 2.39. The van der Waals surface area contributed by atoms with Gasteiger partial charge in [0.25, 0.3) is 0 Å². The van der Waals surface area contributed by atoms with Gasteiger partial charge < -0.3 is 4.74 Å². The number of ether oxygens (including phenoxy) is 1. The van der Waals surface area contributed by atoms with Crippen LogP contribution in [0.2, 0.25) is 0 Å². The molecule has 1 fully saturated rings. The normalized spacial score (nSPS) is 17.7. The monoisotopic (exact) mass is 393 g/mol. The van der Waals surface area contributed by atoms with Crippen molar-refractivity contribution in [3.63, 3.8) is 0 Å². The van der Waals surface area contributed by atoms with Crippen molar-refractivity contribution in [1.29, 1.82) is 0 Å². The lowest BCUT2D eigenvalue weighted by molar-refractivity contribution is 0.0390. The van der Waals surface area contributed by atoms with Crippen LogP contribution >= 0.6 is 0 Å². The minimum Gasteiger partial charge on any atom is -0.379 e. The van der Waals surface area contributed by atoms with E-state index in [4.69, 9.17) is 4.74 Å². The Bertz CT molecular complexity index is 1070. The third kappa shape index (κ3) is 4.02. The molecule has 2 heteroatoms. The van der Waals surface area contributed by atoms with Crippen molar-refractivity contribution in [2.45, 2.75) is 6.42 Å². The van der Waals surface area contributed by atoms with Crippen LogP contribution in [0.5, 0.6) is 0 Å². The second-order valence-corrected chi connectivity index (χ2v) is 7.97. The van der Waals surface area contributed by atoms with Crippen molar-refractivity contribution in [2.24, 2.45) is 0 Å². The summed E-state index contributed by atoms with van der Waals surface area (Å²) < 4.78 is 5.49. The maximum absolute atomic E-state index is 5.49. The zero-order valence-corrected chi connectivity index (χ0v) is 17.3. The highest BCUT2D eigenvalue weighted by atomic mass is 16.5. The molecule has 0 N–H and O–H groups in total. The molecule has 0 amide bonds. The third-order valence-corrected chi connectivity index (χ3v) is 6.07. The molecule has 1 heterocycles. The van der Waals surface area contributed by atoms with Crippen LogP contribution in [0.25, 0.3) is 28.3 Å². The molecule has 150 valence electrons. The summed E-state index contributed by atoms with van der Waals surface area (Å²) in [5.74, 6) is 0. The highest BCUT2D eigenvalue weighted by Gasteiger charge is 2.19. The van der Waals surface area contributed by atoms with Crippen LogP contribution < -0.4 is 0 Å². The number of benzene rings is 3. The van der Waals surface area contributed by atoms with E-state index in [9.17, 15) is 0 Å². The summed E-state index contributed by atoms with van der Waals surface area (Å²) in [7, 11) is 0. The van der Waals surface area contributed by atoms with E-state index in [-0.39, 0.29) is 0 Å². The third-order valence-electron chi connectivity index (χ3n) is 6.07. The summed E-state index contributed by atoms with van der Waals surface area (Å²) in [6.45, 7) is 4.90. The van der Waals surface area contributed by atoms with Crippen molar-refractivity contribution < 1.29 is 4.74 Å². The molecular weight excluding hydrogens is 366 g/mol. The van der Waals surface area contributed by atoms with E-state index in [0.717, 1.165) is 39.3 Å². The van der Waals surface area contributed by atoms with Crippen molar-refractivity contribution >= 4 is 17.2 Å². The first-order chi connectivity index (χ1) is 14.9. The van der Waals surface area contributed by atoms with Crippen LogP contribution in [0.4, 0.5) is 0 Å². The van der Waals surface area contributed by atoms with Crippen LogP contribution in [0.1, 0.15) is 23.1 Å². The van der Waals surface area contributed by atoms with E-state index in [2.05, 4.69) is 95.9 Å². The second-order valence-electron chi connectivity index (χ2n) is 7.97. The maximum Gasteiger partial charge on any atom is 0.0594 e. The van der Waals surface area contributed by atoms with Crippen LogP contribution in [0, 0.1) is 0 Å². The van der Waals surface area contributed by atoms with Gasteiger partial charge in [-0.15, -0.1) is 0 Å². The molecule has 0 radical (unpaired) electrons. The molecule has 2 nitrogen and oxygen atoms in total. The maximum atomic E-state index is 5.49. The van der Waals surface area contributed by atoms with Crippen LogP contribution in [0.15, 0.2) is 84.9 Å². The molecule has 0 atom stereocenters. The molecule has 5 rings (SSSR count). The SMILES string of the molecule is C1=C(CCN2CCOCC2)c2ccccc2/C1=C/c1ccccc1-c1ccccc1. The molecule has 0 unspecified atom stereocenters. The van der Waals surface area contributed by atoms with E-state index in [1.165, 1.54) is 39.0 Å². The fraction of sp³-hybridized carbons (Fsp3) is 0.214. The zero-order chi connectivity index (χ0) is 20.2. The van der Waals surface area contributed by atoms with Gasteiger partial charge in [0.15, 0.2) is 0 Å². The van der Waals surface area contributed by atoms with Gasteiger partial charge in [-0.2, -0.15) is 0 Å². The van der Waals surface area contributed by atoms with Gasteiger partial charge in [-0.3, -0.25) is 4.90 Å². The standard InChI is InChI=1S/C28H27NO/c1-2-8-22(9-3-1)26-11-5-4-10-23(26)20-25-21-24(27-12-6-7-13-28(25)27)14-15-29-16-18-30-19-17-29/h1-13,20-21H,14-19H2/b25-20+. The van der Waals surface area contributed by atoms with E-state index >= 15 is 0 Å². The predicted octanol–water partition coefficient (Wildman–Crippen LogP) is 6.01. The molecular formula is C28H27NO. The molecule has 0 spiro atoms. The molecule has 1 aliphatic carbocycles. The summed E-state index contributed by atoms with van der Waals surface area (Å²) in [6, 6.07) is 28.2. The molecule has 2 aliphatic rings. The van der Waals surface area contributed by atoms with Gasteiger partial charge in [0.05, 0.1) is 13.2 Å². The van der Waals surface area contributed by atoms with Crippen molar-refractivity contribution in [1.82, 2.24) is 4.90 Å². The van der Waals surface area contributed by atoms with Crippen molar-refractivity contribution in [2.75, 3.05) is 32.8 Å². The molecule has 3 aromatic carbocycles. The van der Waals surface area contributed by atoms with Gasteiger partial charge in [0, 0.05) is 19.6 Å². The topological polar surface area (TPSA) is 12.5 Å². The molecule has 1 saturated heterocycles. The fourth-order valence-electron chi connectivity index (χ4n) is 4.46. The average Bonchev–Trinajstić information content (AvgIpc) is 3.17. The number of hydrogen-bond donors (Lipinski definition) is 0. The lowest BCUT2D eigenvalue weighted by atomic mass is 9.96. The largest absolute Gasteiger partial charge is 0.379 e. The molecule has 30 heavy (non-hydrogen) atoms. The minimum absolute atomic E-state index is 0.858. The summed E-state index contributed by atoms with van der Waals surface area (Å²) in [4.78, 5) is 2.51. The number of allylic oxidation sites excluding steroid dienone is 2. The van der Waals surface area contributed by atoms with Gasteiger partial charge in [-0.25, -0.2) is 0 Å². The molecule has 0 bridgehead atoms. The van der Waals surface area contributed by atoms with Crippen LogP contribution in [-0.4, -0.2) is 37.7 Å². The van der Waals surface area contributed by atoms with Gasteiger partial charge in [0.1, 0.15) is 0 Å². The van der Waals surface area contributed by atoms with E-state index < -0.39 is 0 Å². The van der Waals surface area contributed by atoms with E-state index in [1.54, 1.807) is 0 Å². The second kappa shape index (κ2) is 8.83. The lowest BCUT2D eigenvalue weighted by Gasteiger charge is -2.26. The highest BCUT2D eigenvalue weighted by molar-refractivity contribution is 6.02. The lowest BCUT2D eigenvalue weighted by Crippen LogP contribution is -2.36. The van der Waals surface area contributed by atoms with Crippen molar-refractivity contribution in [3.05, 3.63) is 102 Å². The Hall–Kier alpha value is -2.94. The molecule has 0 saturated carbocycles. The molecule has 0 aromatic heterocycles. The van der Waals surface area contributed by atoms with E-state index in [1.807, 2.05) is 0 Å². The summed E-state index contributed by atoms with van der Waals surface area (Å²) >= 11 is 0. The van der Waals surface area contributed by atoms with Crippen LogP contribution in [-0.2, 0) is 4.74 Å². The number of morpholine rings is 1. The Balaban J connectivity index is 1.47. The smallest absolute Gasteiger partial charge is 0.0594 e. The summed E-state index contributed by atoms with van der Waals surface area (Å²) in [5, 5.41) is 0. The zero-order valence-electron chi connectivity index (χ0n) is 17.3. The van der Waals surface area contributed by atoms with Gasteiger partial charge in [-0.05, 0) is 51.5 Å². The van der Waals surface area contributed by atoms with Gasteiger partial charge >= 0.3 is 0 Å². The summed E-state index contributed by atoms with van der Waals surface area (Å²) in [6.07, 6.45) is 5.82. The molecule has 3 aromatic rings. The van der Waals surface area contributed by atoms with E-state index in [0.29, 0.717) is 0 Å². The predicted molar refractivity (Wildman–Crippen MR) is 126 cm³/mol. The first-order valence-electron chi connectivity index (χ1n) is 10.8. The first-order valence-corrected chi connectivity index (χ1v) is 10.8.